The smallest absolute Gasteiger partial charge is 0.246 e. The molecule has 3 aromatic rings. The second-order valence-corrected chi connectivity index (χ2v) is 5.62. The first-order valence-corrected chi connectivity index (χ1v) is 7.63. The molecular weight excluding hydrogens is 298 g/mol. The number of hydrogen-bond acceptors (Lipinski definition) is 5. The van der Waals surface area contributed by atoms with Crippen LogP contribution in [0.4, 0.5) is 0 Å². The Labute approximate surface area is 131 Å². The average Bonchev–Trinajstić information content (AvgIpc) is 2.86. The molecule has 0 aliphatic rings. The molecule has 6 nitrogen and oxygen atoms in total. The predicted molar refractivity (Wildman–Crippen MR) is 82.8 cm³/mol. The predicted octanol–water partition coefficient (Wildman–Crippen LogP) is 2.13. The summed E-state index contributed by atoms with van der Waals surface area (Å²) in [7, 11) is 0. The average molecular weight is 311 g/mol. The summed E-state index contributed by atoms with van der Waals surface area (Å²) in [5.74, 6) is 0. The lowest BCUT2D eigenvalue weighted by Crippen LogP contribution is -2.20. The van der Waals surface area contributed by atoms with E-state index in [9.17, 15) is 4.79 Å². The highest BCUT2D eigenvalue weighted by Gasteiger charge is 2.13. The van der Waals surface area contributed by atoms with Crippen molar-refractivity contribution in [3.8, 4) is 6.07 Å². The quantitative estimate of drug-likeness (QED) is 0.737. The lowest BCUT2D eigenvalue weighted by molar-refractivity contribution is 0.679. The van der Waals surface area contributed by atoms with Crippen molar-refractivity contribution in [1.82, 2.24) is 19.2 Å². The van der Waals surface area contributed by atoms with E-state index in [4.69, 9.17) is 5.26 Å². The number of benzene rings is 1. The van der Waals surface area contributed by atoms with Gasteiger partial charge in [0.25, 0.3) is 0 Å². The molecule has 0 radical (unpaired) electrons. The van der Waals surface area contributed by atoms with Crippen LogP contribution < -0.4 is 5.69 Å². The zero-order valence-corrected chi connectivity index (χ0v) is 12.7. The van der Waals surface area contributed by atoms with Gasteiger partial charge in [-0.3, -0.25) is 0 Å². The van der Waals surface area contributed by atoms with Gasteiger partial charge in [-0.15, -0.1) is 5.10 Å². The highest BCUT2D eigenvalue weighted by atomic mass is 32.2. The number of hydrogen-bond donors (Lipinski definition) is 0. The Balaban J connectivity index is 2.10. The van der Waals surface area contributed by atoms with Gasteiger partial charge in [0.05, 0.1) is 6.07 Å². The summed E-state index contributed by atoms with van der Waals surface area (Å²) in [4.78, 5) is 17.5. The molecule has 0 aliphatic heterocycles. The molecular formula is C15H13N5OS. The molecule has 0 spiro atoms. The maximum atomic E-state index is 12.1. The van der Waals surface area contributed by atoms with Crippen molar-refractivity contribution in [2.75, 3.05) is 0 Å². The van der Waals surface area contributed by atoms with Crippen LogP contribution in [-0.4, -0.2) is 19.2 Å². The van der Waals surface area contributed by atoms with Crippen LogP contribution in [0.1, 0.15) is 12.5 Å². The van der Waals surface area contributed by atoms with Gasteiger partial charge in [0.15, 0.2) is 5.65 Å². The molecule has 22 heavy (non-hydrogen) atoms. The minimum Gasteiger partial charge on any atom is -0.246 e. The third kappa shape index (κ3) is 2.49. The van der Waals surface area contributed by atoms with Crippen molar-refractivity contribution in [2.45, 2.75) is 29.8 Å². The fourth-order valence-corrected chi connectivity index (χ4v) is 3.21. The fraction of sp³-hybridized carbons (Fsp3) is 0.200. The molecule has 0 saturated heterocycles. The van der Waals surface area contributed by atoms with Gasteiger partial charge in [-0.05, 0) is 18.1 Å². The van der Waals surface area contributed by atoms with Gasteiger partial charge in [-0.2, -0.15) is 9.94 Å². The van der Waals surface area contributed by atoms with Gasteiger partial charge in [0.1, 0.15) is 11.6 Å². The van der Waals surface area contributed by atoms with Crippen molar-refractivity contribution in [2.24, 2.45) is 0 Å². The summed E-state index contributed by atoms with van der Waals surface area (Å²) in [6, 6.07) is 10.0. The van der Waals surface area contributed by atoms with Crippen LogP contribution in [0.2, 0.25) is 0 Å². The summed E-state index contributed by atoms with van der Waals surface area (Å²) >= 11 is 1.48. The Kier molecular flexibility index (Phi) is 3.94. The van der Waals surface area contributed by atoms with Crippen LogP contribution in [-0.2, 0) is 13.0 Å². The molecule has 110 valence electrons. The van der Waals surface area contributed by atoms with Gasteiger partial charge in [-0.25, -0.2) is 14.2 Å². The number of fused-ring (bicyclic) bond motifs is 1. The first-order valence-electron chi connectivity index (χ1n) is 6.81. The highest BCUT2D eigenvalue weighted by Crippen LogP contribution is 2.30. The molecule has 0 bridgehead atoms. The molecule has 2 aromatic heterocycles. The van der Waals surface area contributed by atoms with E-state index in [2.05, 4.69) is 23.1 Å². The summed E-state index contributed by atoms with van der Waals surface area (Å²) in [5.41, 5.74) is 1.36. The van der Waals surface area contributed by atoms with Gasteiger partial charge >= 0.3 is 5.69 Å². The molecule has 0 aliphatic carbocycles. The normalized spacial score (nSPS) is 10.7. The van der Waals surface area contributed by atoms with Crippen molar-refractivity contribution in [3.05, 3.63) is 52.7 Å². The van der Waals surface area contributed by atoms with Crippen LogP contribution in [0.5, 0.6) is 0 Å². The molecule has 7 heteroatoms. The van der Waals surface area contributed by atoms with E-state index in [-0.39, 0.29) is 12.2 Å². The number of nitriles is 1. The fourth-order valence-electron chi connectivity index (χ4n) is 2.17. The van der Waals surface area contributed by atoms with Crippen LogP contribution in [0.25, 0.3) is 5.65 Å². The van der Waals surface area contributed by atoms with Crippen LogP contribution in [0, 0.1) is 11.3 Å². The maximum absolute atomic E-state index is 12.1. The Morgan fingerprint density at radius 1 is 1.36 bits per heavy atom. The Morgan fingerprint density at radius 3 is 2.95 bits per heavy atom. The molecule has 0 saturated carbocycles. The SMILES string of the molecule is CCc1ccccc1Sc1nccn2c(=O)n(CC#N)nc12. The van der Waals surface area contributed by atoms with Gasteiger partial charge in [0, 0.05) is 17.3 Å². The molecule has 0 unspecified atom stereocenters. The largest absolute Gasteiger partial charge is 0.351 e. The van der Waals surface area contributed by atoms with E-state index in [0.717, 1.165) is 16.0 Å². The Hall–Kier alpha value is -2.59. The molecule has 0 N–H and O–H groups in total. The standard InChI is InChI=1S/C15H13N5OS/c1-2-11-5-3-4-6-12(11)22-14-13-18-20(9-7-16)15(21)19(13)10-8-17-14/h3-6,8,10H,2,9H2,1H3. The van der Waals surface area contributed by atoms with Crippen LogP contribution in [0.15, 0.2) is 51.4 Å². The Bertz CT molecular complexity index is 922. The maximum Gasteiger partial charge on any atom is 0.351 e. The van der Waals surface area contributed by atoms with E-state index in [1.807, 2.05) is 24.3 Å². The van der Waals surface area contributed by atoms with Crippen molar-refractivity contribution < 1.29 is 0 Å². The number of aromatic nitrogens is 4. The molecule has 0 fully saturated rings. The highest BCUT2D eigenvalue weighted by molar-refractivity contribution is 7.99. The van der Waals surface area contributed by atoms with E-state index in [1.54, 1.807) is 12.4 Å². The van der Waals surface area contributed by atoms with Crippen molar-refractivity contribution in [1.29, 1.82) is 5.26 Å². The van der Waals surface area contributed by atoms with Gasteiger partial charge in [-0.1, -0.05) is 36.9 Å². The molecule has 2 heterocycles. The van der Waals surface area contributed by atoms with Crippen LogP contribution in [0.3, 0.4) is 0 Å². The van der Waals surface area contributed by atoms with E-state index < -0.39 is 0 Å². The lowest BCUT2D eigenvalue weighted by Gasteiger charge is -2.06. The second kappa shape index (κ2) is 6.03. The third-order valence-electron chi connectivity index (χ3n) is 3.25. The molecule has 1 aromatic carbocycles. The summed E-state index contributed by atoms with van der Waals surface area (Å²) in [6.07, 6.45) is 4.06. The van der Waals surface area contributed by atoms with E-state index in [0.29, 0.717) is 10.7 Å². The molecule has 0 atom stereocenters. The minimum absolute atomic E-state index is 0.0732. The first kappa shape index (κ1) is 14.4. The number of aryl methyl sites for hydroxylation is 1. The topological polar surface area (TPSA) is 76.0 Å². The van der Waals surface area contributed by atoms with Crippen molar-refractivity contribution in [3.63, 3.8) is 0 Å². The Morgan fingerprint density at radius 2 is 2.18 bits per heavy atom. The number of nitrogens with zero attached hydrogens (tertiary/aromatic N) is 5. The second-order valence-electron chi connectivity index (χ2n) is 4.59. The van der Waals surface area contributed by atoms with Crippen molar-refractivity contribution >= 4 is 17.4 Å². The summed E-state index contributed by atoms with van der Waals surface area (Å²) < 4.78 is 2.56. The van der Waals surface area contributed by atoms with E-state index in [1.165, 1.54) is 21.7 Å². The zero-order valence-electron chi connectivity index (χ0n) is 11.9. The van der Waals surface area contributed by atoms with E-state index >= 15 is 0 Å². The monoisotopic (exact) mass is 311 g/mol. The summed E-state index contributed by atoms with van der Waals surface area (Å²) in [6.45, 7) is 2.02. The number of rotatable bonds is 4. The van der Waals surface area contributed by atoms with Gasteiger partial charge < -0.3 is 0 Å². The third-order valence-corrected chi connectivity index (χ3v) is 4.35. The van der Waals surface area contributed by atoms with Crippen LogP contribution >= 0.6 is 11.8 Å². The zero-order chi connectivity index (χ0) is 15.5. The first-order chi connectivity index (χ1) is 10.7. The molecule has 3 rings (SSSR count). The lowest BCUT2D eigenvalue weighted by atomic mass is 10.2. The minimum atomic E-state index is -0.329. The molecule has 0 amide bonds. The van der Waals surface area contributed by atoms with Gasteiger partial charge in [0.2, 0.25) is 0 Å². The summed E-state index contributed by atoms with van der Waals surface area (Å²) in [5, 5.41) is 13.6.